The molecule has 0 saturated carbocycles. The molecule has 19 heteroatoms. The molecule has 0 saturated heterocycles. The number of carbonyl (C=O) groups is 4. The van der Waals surface area contributed by atoms with Gasteiger partial charge >= 0.3 is 39.5 Å². The summed E-state index contributed by atoms with van der Waals surface area (Å²) >= 11 is 0. The average Bonchev–Trinajstić information content (AvgIpc) is 1.64. The number of phosphoric ester groups is 2. The second-order valence-corrected chi connectivity index (χ2v) is 30.8. The van der Waals surface area contributed by atoms with Gasteiger partial charge in [0.25, 0.3) is 0 Å². The van der Waals surface area contributed by atoms with Crippen LogP contribution in [0.25, 0.3) is 0 Å². The van der Waals surface area contributed by atoms with E-state index in [2.05, 4.69) is 34.6 Å². The highest BCUT2D eigenvalue weighted by molar-refractivity contribution is 7.47. The van der Waals surface area contributed by atoms with Crippen molar-refractivity contribution in [3.8, 4) is 0 Å². The topological polar surface area (TPSA) is 237 Å². The monoisotopic (exact) mass is 1400 g/mol. The number of rotatable bonds is 76. The second kappa shape index (κ2) is 69.2. The van der Waals surface area contributed by atoms with Crippen molar-refractivity contribution in [3.63, 3.8) is 0 Å². The smallest absolute Gasteiger partial charge is 0.462 e. The van der Waals surface area contributed by atoms with E-state index in [9.17, 15) is 43.2 Å². The van der Waals surface area contributed by atoms with Gasteiger partial charge in [0, 0.05) is 25.7 Å². The van der Waals surface area contributed by atoms with E-state index >= 15 is 0 Å². The van der Waals surface area contributed by atoms with Crippen LogP contribution in [0, 0.1) is 5.92 Å². The van der Waals surface area contributed by atoms with Crippen LogP contribution in [-0.2, 0) is 65.4 Å². The van der Waals surface area contributed by atoms with Gasteiger partial charge in [-0.05, 0) is 31.6 Å². The fourth-order valence-electron chi connectivity index (χ4n) is 11.7. The van der Waals surface area contributed by atoms with Crippen LogP contribution in [0.4, 0.5) is 0 Å². The van der Waals surface area contributed by atoms with Crippen LogP contribution < -0.4 is 0 Å². The fraction of sp³-hybridized carbons (Fsp3) is 0.947. The van der Waals surface area contributed by atoms with Crippen molar-refractivity contribution in [3.05, 3.63) is 0 Å². The Morgan fingerprint density at radius 3 is 0.716 bits per heavy atom. The molecule has 0 heterocycles. The third kappa shape index (κ3) is 70.3. The number of unbranched alkanes of at least 4 members (excludes halogenated alkanes) is 48. The summed E-state index contributed by atoms with van der Waals surface area (Å²) in [6.45, 7) is 7.21. The maximum absolute atomic E-state index is 13.1. The molecule has 3 N–H and O–H groups in total. The molecule has 0 spiro atoms. The first-order valence-corrected chi connectivity index (χ1v) is 42.6. The Balaban J connectivity index is 5.21. The van der Waals surface area contributed by atoms with Gasteiger partial charge in [-0.1, -0.05) is 349 Å². The molecule has 17 nitrogen and oxygen atoms in total. The number of esters is 4. The minimum Gasteiger partial charge on any atom is -0.462 e. The van der Waals surface area contributed by atoms with Crippen LogP contribution in [0.1, 0.15) is 401 Å². The number of ether oxygens (including phenoxy) is 4. The van der Waals surface area contributed by atoms with E-state index < -0.39 is 97.5 Å². The lowest BCUT2D eigenvalue weighted by Crippen LogP contribution is -2.30. The van der Waals surface area contributed by atoms with E-state index in [4.69, 9.17) is 37.0 Å². The van der Waals surface area contributed by atoms with E-state index in [0.717, 1.165) is 96.3 Å². The highest BCUT2D eigenvalue weighted by Gasteiger charge is 2.30. The number of hydrogen-bond acceptors (Lipinski definition) is 15. The standard InChI is InChI=1S/C76H148O17P2/c1-6-9-12-15-18-21-24-26-28-30-31-32-34-36-39-42-45-52-57-62-76(81)92-71(65-86-73(78)59-54-49-43-40-38-35-33-29-27-25-22-19-16-13-10-7-2)67-90-94(82,83)88-63-70(77)64-89-95(84,85)91-68-72(66-87-74(79)60-55-50-47-46-48-53-58-69(4)5)93-75(80)61-56-51-44-41-37-23-20-17-14-11-8-3/h69-72,77H,6-68H2,1-5H3,(H,82,83)(H,84,85)/t70-,71-,72-/m1/s1. The second-order valence-electron chi connectivity index (χ2n) is 27.9. The minimum atomic E-state index is -4.96. The first kappa shape index (κ1) is 93.1. The molecule has 0 aromatic rings. The molecule has 0 aliphatic carbocycles. The SMILES string of the molecule is CCCCCCCCCCCCCCCCCCCCCC(=O)O[C@H](COC(=O)CCCCCCCCCCCCCCCCCC)COP(=O)(O)OC[C@@H](O)COP(=O)(O)OC[C@@H](COC(=O)CCCCCCCCC(C)C)OC(=O)CCCCCCCCCCCCC. The zero-order valence-corrected chi connectivity index (χ0v) is 63.6. The van der Waals surface area contributed by atoms with Crippen LogP contribution >= 0.6 is 15.6 Å². The molecule has 0 aromatic carbocycles. The van der Waals surface area contributed by atoms with Crippen molar-refractivity contribution < 1.29 is 80.2 Å². The lowest BCUT2D eigenvalue weighted by molar-refractivity contribution is -0.161. The van der Waals surface area contributed by atoms with E-state index in [0.29, 0.717) is 31.6 Å². The normalized spacial score (nSPS) is 13.9. The summed E-state index contributed by atoms with van der Waals surface area (Å²) in [5, 5.41) is 10.6. The van der Waals surface area contributed by atoms with Crippen LogP contribution in [-0.4, -0.2) is 96.7 Å². The van der Waals surface area contributed by atoms with E-state index in [1.54, 1.807) is 0 Å². The third-order valence-corrected chi connectivity index (χ3v) is 19.7. The minimum absolute atomic E-state index is 0.106. The summed E-state index contributed by atoms with van der Waals surface area (Å²) in [6, 6.07) is 0. The van der Waals surface area contributed by atoms with Crippen molar-refractivity contribution in [2.45, 2.75) is 419 Å². The zero-order valence-electron chi connectivity index (χ0n) is 61.8. The van der Waals surface area contributed by atoms with Gasteiger partial charge in [-0.25, -0.2) is 9.13 Å². The van der Waals surface area contributed by atoms with Crippen molar-refractivity contribution >= 4 is 39.5 Å². The predicted octanol–water partition coefficient (Wildman–Crippen LogP) is 22.5. The highest BCUT2D eigenvalue weighted by Crippen LogP contribution is 2.45. The molecule has 5 atom stereocenters. The number of aliphatic hydroxyl groups excluding tert-OH is 1. The molecule has 0 aliphatic rings. The average molecular weight is 1400 g/mol. The number of hydrogen-bond donors (Lipinski definition) is 3. The van der Waals surface area contributed by atoms with Crippen molar-refractivity contribution in [1.29, 1.82) is 0 Å². The molecule has 564 valence electrons. The summed E-state index contributed by atoms with van der Waals surface area (Å²) in [6.07, 6.45) is 58.4. The van der Waals surface area contributed by atoms with Crippen molar-refractivity contribution in [2.24, 2.45) is 5.92 Å². The highest BCUT2D eigenvalue weighted by atomic mass is 31.2. The van der Waals surface area contributed by atoms with Crippen LogP contribution in [0.5, 0.6) is 0 Å². The lowest BCUT2D eigenvalue weighted by Gasteiger charge is -2.21. The van der Waals surface area contributed by atoms with Gasteiger partial charge in [0.2, 0.25) is 0 Å². The molecule has 0 aromatic heterocycles. The Morgan fingerprint density at radius 2 is 0.484 bits per heavy atom. The Kier molecular flexibility index (Phi) is 67.7. The van der Waals surface area contributed by atoms with Crippen molar-refractivity contribution in [1.82, 2.24) is 0 Å². The summed E-state index contributed by atoms with van der Waals surface area (Å²) in [7, 11) is -9.91. The Bertz CT molecular complexity index is 1820. The molecule has 0 bridgehead atoms. The molecule has 2 unspecified atom stereocenters. The first-order chi connectivity index (χ1) is 46.0. The third-order valence-electron chi connectivity index (χ3n) is 17.8. The molecule has 95 heavy (non-hydrogen) atoms. The molecule has 0 rings (SSSR count). The van der Waals surface area contributed by atoms with Gasteiger partial charge in [-0.2, -0.15) is 0 Å². The number of phosphoric acid groups is 2. The Morgan fingerprint density at radius 1 is 0.284 bits per heavy atom. The van der Waals surface area contributed by atoms with E-state index in [1.807, 2.05) is 0 Å². The first-order valence-electron chi connectivity index (χ1n) is 39.6. The molecule has 0 amide bonds. The quantitative estimate of drug-likeness (QED) is 0.0222. The maximum atomic E-state index is 13.1. The molecule has 0 aliphatic heterocycles. The number of carbonyl (C=O) groups excluding carboxylic acids is 4. The van der Waals surface area contributed by atoms with Gasteiger partial charge < -0.3 is 33.8 Å². The number of aliphatic hydroxyl groups is 1. The summed E-state index contributed by atoms with van der Waals surface area (Å²) in [5.74, 6) is -1.44. The summed E-state index contributed by atoms with van der Waals surface area (Å²) < 4.78 is 68.5. The van der Waals surface area contributed by atoms with Gasteiger partial charge in [-0.3, -0.25) is 37.3 Å². The lowest BCUT2D eigenvalue weighted by atomic mass is 10.0. The molecule has 0 fully saturated rings. The molecular weight excluding hydrogens is 1250 g/mol. The molecular formula is C76H148O17P2. The Hall–Kier alpha value is -1.94. The van der Waals surface area contributed by atoms with Gasteiger partial charge in [0.05, 0.1) is 26.4 Å². The summed E-state index contributed by atoms with van der Waals surface area (Å²) in [4.78, 5) is 72.7. The largest absolute Gasteiger partial charge is 0.472 e. The predicted molar refractivity (Wildman–Crippen MR) is 386 cm³/mol. The van der Waals surface area contributed by atoms with Crippen LogP contribution in [0.2, 0.25) is 0 Å². The van der Waals surface area contributed by atoms with E-state index in [-0.39, 0.29) is 25.7 Å². The van der Waals surface area contributed by atoms with Crippen molar-refractivity contribution in [2.75, 3.05) is 39.6 Å². The van der Waals surface area contributed by atoms with Gasteiger partial charge in [0.1, 0.15) is 19.3 Å². The van der Waals surface area contributed by atoms with Gasteiger partial charge in [-0.15, -0.1) is 0 Å². The maximum Gasteiger partial charge on any atom is 0.472 e. The molecule has 0 radical (unpaired) electrons. The summed E-state index contributed by atoms with van der Waals surface area (Å²) in [5.41, 5.74) is 0. The van der Waals surface area contributed by atoms with Gasteiger partial charge in [0.15, 0.2) is 12.2 Å². The van der Waals surface area contributed by atoms with Crippen LogP contribution in [0.15, 0.2) is 0 Å². The van der Waals surface area contributed by atoms with Crippen LogP contribution in [0.3, 0.4) is 0 Å². The zero-order chi connectivity index (χ0) is 69.8. The van der Waals surface area contributed by atoms with E-state index in [1.165, 1.54) is 218 Å². The fourth-order valence-corrected chi connectivity index (χ4v) is 13.3. The Labute approximate surface area is 581 Å².